The van der Waals surface area contributed by atoms with Crippen LogP contribution in [0.4, 0.5) is 0 Å². The van der Waals surface area contributed by atoms with Gasteiger partial charge < -0.3 is 9.47 Å². The summed E-state index contributed by atoms with van der Waals surface area (Å²) in [6.07, 6.45) is 7.47. The van der Waals surface area contributed by atoms with E-state index in [9.17, 15) is 4.79 Å². The van der Waals surface area contributed by atoms with Crippen molar-refractivity contribution in [2.75, 3.05) is 13.1 Å². The molecule has 140 valence electrons. The summed E-state index contributed by atoms with van der Waals surface area (Å²) in [4.78, 5) is 32.4. The second-order valence-electron chi connectivity index (χ2n) is 6.90. The summed E-state index contributed by atoms with van der Waals surface area (Å²) in [5.74, 6) is 1.94. The topological polar surface area (TPSA) is 76.8 Å². The zero-order valence-corrected chi connectivity index (χ0v) is 16.3. The number of piperidine rings is 1. The van der Waals surface area contributed by atoms with Crippen LogP contribution in [0.25, 0.3) is 0 Å². The van der Waals surface area contributed by atoms with Crippen molar-refractivity contribution in [3.63, 3.8) is 0 Å². The molecule has 0 radical (unpaired) electrons. The lowest BCUT2D eigenvalue weighted by Gasteiger charge is -2.33. The summed E-state index contributed by atoms with van der Waals surface area (Å²) in [6.45, 7) is 5.84. The Morgan fingerprint density at radius 2 is 2.19 bits per heavy atom. The van der Waals surface area contributed by atoms with E-state index in [2.05, 4.69) is 29.9 Å². The third kappa shape index (κ3) is 3.75. The first kappa shape index (κ1) is 17.8. The molecular weight excluding hydrogens is 360 g/mol. The first-order chi connectivity index (χ1) is 13.1. The Labute approximate surface area is 162 Å². The minimum atomic E-state index is 0.00908. The van der Waals surface area contributed by atoms with Gasteiger partial charge in [-0.1, -0.05) is 0 Å². The lowest BCUT2D eigenvalue weighted by atomic mass is 9.96. The van der Waals surface area contributed by atoms with Gasteiger partial charge in [-0.25, -0.2) is 19.9 Å². The molecule has 1 atom stereocenters. The van der Waals surface area contributed by atoms with Gasteiger partial charge in [-0.05, 0) is 26.7 Å². The Morgan fingerprint density at radius 3 is 2.96 bits per heavy atom. The summed E-state index contributed by atoms with van der Waals surface area (Å²) in [5, 5.41) is 2.06. The van der Waals surface area contributed by atoms with Crippen LogP contribution in [-0.2, 0) is 6.54 Å². The molecule has 0 aliphatic carbocycles. The molecule has 27 heavy (non-hydrogen) atoms. The number of thiazole rings is 1. The number of aromatic nitrogens is 5. The standard InChI is InChI=1S/C19H22N6OS/c1-13-17(8-21-14(2)23-13)19(26)25-6-3-4-15(9-25)18-20-5-7-24(18)10-16-11-27-12-22-16/h5,7-8,11-12,15H,3-4,6,9-10H2,1-2H3/t15-/m0/s1. The third-order valence-electron chi connectivity index (χ3n) is 4.97. The molecule has 3 aromatic rings. The van der Waals surface area contributed by atoms with E-state index in [1.54, 1.807) is 17.5 Å². The maximum Gasteiger partial charge on any atom is 0.257 e. The summed E-state index contributed by atoms with van der Waals surface area (Å²) < 4.78 is 2.15. The second-order valence-corrected chi connectivity index (χ2v) is 7.62. The van der Waals surface area contributed by atoms with Crippen LogP contribution in [0, 0.1) is 13.8 Å². The van der Waals surface area contributed by atoms with Crippen LogP contribution >= 0.6 is 11.3 Å². The number of nitrogens with zero attached hydrogens (tertiary/aromatic N) is 6. The molecule has 4 heterocycles. The molecular formula is C19H22N6OS. The first-order valence-electron chi connectivity index (χ1n) is 9.09. The fraction of sp³-hybridized carbons (Fsp3) is 0.421. The van der Waals surface area contributed by atoms with Gasteiger partial charge in [0.1, 0.15) is 11.6 Å². The zero-order chi connectivity index (χ0) is 18.8. The highest BCUT2D eigenvalue weighted by Crippen LogP contribution is 2.27. The van der Waals surface area contributed by atoms with Crippen LogP contribution < -0.4 is 0 Å². The zero-order valence-electron chi connectivity index (χ0n) is 15.5. The molecule has 1 aliphatic heterocycles. The molecule has 8 heteroatoms. The Balaban J connectivity index is 1.52. The number of rotatable bonds is 4. The molecule has 1 amide bonds. The number of hydrogen-bond acceptors (Lipinski definition) is 6. The summed E-state index contributed by atoms with van der Waals surface area (Å²) in [5.41, 5.74) is 4.21. The Kier molecular flexibility index (Phi) is 4.98. The predicted octanol–water partition coefficient (Wildman–Crippen LogP) is 2.81. The quantitative estimate of drug-likeness (QED) is 0.693. The lowest BCUT2D eigenvalue weighted by molar-refractivity contribution is 0.0701. The maximum atomic E-state index is 13.0. The number of aryl methyl sites for hydroxylation is 2. The summed E-state index contributed by atoms with van der Waals surface area (Å²) in [7, 11) is 0. The van der Waals surface area contributed by atoms with Crippen LogP contribution in [-0.4, -0.2) is 48.4 Å². The molecule has 0 spiro atoms. The van der Waals surface area contributed by atoms with Gasteiger partial charge in [0.2, 0.25) is 0 Å². The monoisotopic (exact) mass is 382 g/mol. The number of likely N-dealkylation sites (tertiary alicyclic amines) is 1. The molecule has 0 unspecified atom stereocenters. The van der Waals surface area contributed by atoms with E-state index in [1.807, 2.05) is 36.7 Å². The molecule has 1 fully saturated rings. The molecule has 7 nitrogen and oxygen atoms in total. The Morgan fingerprint density at radius 1 is 1.30 bits per heavy atom. The van der Waals surface area contributed by atoms with Crippen molar-refractivity contribution in [3.8, 4) is 0 Å². The van der Waals surface area contributed by atoms with Crippen molar-refractivity contribution in [1.82, 2.24) is 29.4 Å². The van der Waals surface area contributed by atoms with Crippen LogP contribution in [0.2, 0.25) is 0 Å². The fourth-order valence-electron chi connectivity index (χ4n) is 3.64. The average molecular weight is 382 g/mol. The van der Waals surface area contributed by atoms with Gasteiger partial charge in [0.05, 0.1) is 29.0 Å². The third-order valence-corrected chi connectivity index (χ3v) is 5.60. The van der Waals surface area contributed by atoms with Crippen molar-refractivity contribution in [1.29, 1.82) is 0 Å². The average Bonchev–Trinajstić information content (AvgIpc) is 3.34. The molecule has 0 bridgehead atoms. The van der Waals surface area contributed by atoms with Crippen LogP contribution in [0.5, 0.6) is 0 Å². The minimum absolute atomic E-state index is 0.00908. The van der Waals surface area contributed by atoms with Crippen molar-refractivity contribution in [2.45, 2.75) is 39.2 Å². The summed E-state index contributed by atoms with van der Waals surface area (Å²) >= 11 is 1.60. The Hall–Kier alpha value is -2.61. The number of hydrogen-bond donors (Lipinski definition) is 0. The number of amides is 1. The highest BCUT2D eigenvalue weighted by atomic mass is 32.1. The highest BCUT2D eigenvalue weighted by molar-refractivity contribution is 7.07. The molecule has 1 saturated heterocycles. The lowest BCUT2D eigenvalue weighted by Crippen LogP contribution is -2.40. The van der Waals surface area contributed by atoms with E-state index < -0.39 is 0 Å². The van der Waals surface area contributed by atoms with Gasteiger partial charge in [0, 0.05) is 43.0 Å². The van der Waals surface area contributed by atoms with Gasteiger partial charge in [-0.2, -0.15) is 0 Å². The minimum Gasteiger partial charge on any atom is -0.338 e. The second kappa shape index (κ2) is 7.56. The van der Waals surface area contributed by atoms with E-state index in [1.165, 1.54) is 0 Å². The SMILES string of the molecule is Cc1ncc(C(=O)N2CCC[C@H](c3nccn3Cc3cscn3)C2)c(C)n1. The normalized spacial score (nSPS) is 17.3. The van der Waals surface area contributed by atoms with Gasteiger partial charge in [0.15, 0.2) is 0 Å². The van der Waals surface area contributed by atoms with E-state index in [-0.39, 0.29) is 11.8 Å². The van der Waals surface area contributed by atoms with E-state index >= 15 is 0 Å². The molecule has 0 saturated carbocycles. The molecule has 0 N–H and O–H groups in total. The van der Waals surface area contributed by atoms with Crippen molar-refractivity contribution in [3.05, 3.63) is 58.1 Å². The highest BCUT2D eigenvalue weighted by Gasteiger charge is 2.29. The molecule has 0 aromatic carbocycles. The van der Waals surface area contributed by atoms with Crippen LogP contribution in [0.15, 0.2) is 29.5 Å². The number of carbonyl (C=O) groups is 1. The fourth-order valence-corrected chi connectivity index (χ4v) is 4.19. The van der Waals surface area contributed by atoms with Crippen molar-refractivity contribution in [2.24, 2.45) is 0 Å². The van der Waals surface area contributed by atoms with Gasteiger partial charge in [0.25, 0.3) is 5.91 Å². The van der Waals surface area contributed by atoms with E-state index in [4.69, 9.17) is 0 Å². The van der Waals surface area contributed by atoms with Crippen molar-refractivity contribution < 1.29 is 4.79 Å². The molecule has 4 rings (SSSR count). The van der Waals surface area contributed by atoms with Crippen LogP contribution in [0.3, 0.4) is 0 Å². The maximum absolute atomic E-state index is 13.0. The van der Waals surface area contributed by atoms with Gasteiger partial charge in [-0.15, -0.1) is 11.3 Å². The largest absolute Gasteiger partial charge is 0.338 e. The van der Waals surface area contributed by atoms with E-state index in [0.717, 1.165) is 36.6 Å². The van der Waals surface area contributed by atoms with Gasteiger partial charge in [-0.3, -0.25) is 4.79 Å². The van der Waals surface area contributed by atoms with Gasteiger partial charge >= 0.3 is 0 Å². The first-order valence-corrected chi connectivity index (χ1v) is 10.0. The van der Waals surface area contributed by atoms with Crippen molar-refractivity contribution >= 4 is 17.2 Å². The molecule has 1 aliphatic rings. The smallest absolute Gasteiger partial charge is 0.257 e. The Bertz CT molecular complexity index is 936. The van der Waals surface area contributed by atoms with E-state index in [0.29, 0.717) is 24.5 Å². The number of imidazole rings is 1. The van der Waals surface area contributed by atoms with Crippen LogP contribution in [0.1, 0.15) is 52.2 Å². The number of carbonyl (C=O) groups excluding carboxylic acids is 1. The predicted molar refractivity (Wildman–Crippen MR) is 103 cm³/mol. The summed E-state index contributed by atoms with van der Waals surface area (Å²) in [6, 6.07) is 0. The molecule has 3 aromatic heterocycles.